The number of carbonyl (C=O) groups excluding carboxylic acids is 1. The van der Waals surface area contributed by atoms with E-state index in [1.165, 1.54) is 29.2 Å². The number of carbonyl (C=O) groups is 1. The second-order valence-corrected chi connectivity index (χ2v) is 9.11. The number of rotatable bonds is 7. The first kappa shape index (κ1) is 20.5. The minimum Gasteiger partial charge on any atom is -0.444 e. The van der Waals surface area contributed by atoms with Gasteiger partial charge in [-0.15, -0.1) is 0 Å². The van der Waals surface area contributed by atoms with Gasteiger partial charge < -0.3 is 15.4 Å². The molecule has 152 valence electrons. The molecule has 1 amide bonds. The third kappa shape index (κ3) is 5.63. The smallest absolute Gasteiger partial charge is 0.407 e. The molecular formula is C24H34N2O2. The summed E-state index contributed by atoms with van der Waals surface area (Å²) < 4.78 is 5.43. The molecule has 0 aromatic heterocycles. The van der Waals surface area contributed by atoms with Crippen LogP contribution in [0.15, 0.2) is 36.4 Å². The van der Waals surface area contributed by atoms with Crippen molar-refractivity contribution in [2.24, 2.45) is 5.92 Å². The number of hydrogen-bond acceptors (Lipinski definition) is 3. The molecule has 0 aliphatic heterocycles. The van der Waals surface area contributed by atoms with Crippen LogP contribution in [0.4, 0.5) is 10.5 Å². The Labute approximate surface area is 169 Å². The number of nitrogens with one attached hydrogen (secondary N) is 2. The average Bonchev–Trinajstić information content (AvgIpc) is 3.47. The Morgan fingerprint density at radius 3 is 2.46 bits per heavy atom. The Kier molecular flexibility index (Phi) is 6.17. The van der Waals surface area contributed by atoms with Crippen molar-refractivity contribution in [2.45, 2.75) is 71.4 Å². The summed E-state index contributed by atoms with van der Waals surface area (Å²) in [6, 6.07) is 13.3. The van der Waals surface area contributed by atoms with Gasteiger partial charge in [0.15, 0.2) is 0 Å². The highest BCUT2D eigenvalue weighted by Crippen LogP contribution is 2.41. The molecule has 3 rings (SSSR count). The molecule has 0 spiro atoms. The monoisotopic (exact) mass is 382 g/mol. The van der Waals surface area contributed by atoms with Gasteiger partial charge in [-0.25, -0.2) is 4.79 Å². The third-order valence-electron chi connectivity index (χ3n) is 5.47. The Balaban J connectivity index is 1.64. The zero-order chi connectivity index (χ0) is 20.3. The molecule has 1 aliphatic carbocycles. The lowest BCUT2D eigenvalue weighted by Crippen LogP contribution is -2.45. The van der Waals surface area contributed by atoms with Gasteiger partial charge in [0.1, 0.15) is 5.60 Å². The number of fused-ring (bicyclic) bond motifs is 1. The maximum Gasteiger partial charge on any atom is 0.407 e. The fourth-order valence-electron chi connectivity index (χ4n) is 3.41. The number of hydrogen-bond donors (Lipinski definition) is 2. The molecule has 0 saturated heterocycles. The van der Waals surface area contributed by atoms with Crippen LogP contribution in [0.5, 0.6) is 0 Å². The molecule has 4 nitrogen and oxygen atoms in total. The fourth-order valence-corrected chi connectivity index (χ4v) is 3.41. The van der Waals surface area contributed by atoms with Gasteiger partial charge >= 0.3 is 6.09 Å². The summed E-state index contributed by atoms with van der Waals surface area (Å²) in [6.45, 7) is 10.6. The summed E-state index contributed by atoms with van der Waals surface area (Å²) in [6.07, 6.45) is 3.29. The lowest BCUT2D eigenvalue weighted by atomic mass is 9.99. The van der Waals surface area contributed by atoms with Crippen LogP contribution in [0, 0.1) is 5.92 Å². The first-order chi connectivity index (χ1) is 13.2. The van der Waals surface area contributed by atoms with Crippen molar-refractivity contribution in [3.63, 3.8) is 0 Å². The molecule has 0 heterocycles. The van der Waals surface area contributed by atoms with Crippen molar-refractivity contribution >= 4 is 22.6 Å². The van der Waals surface area contributed by atoms with Crippen LogP contribution in [-0.2, 0) is 4.74 Å². The van der Waals surface area contributed by atoms with Crippen molar-refractivity contribution in [3.8, 4) is 0 Å². The van der Waals surface area contributed by atoms with Crippen molar-refractivity contribution in [3.05, 3.63) is 42.0 Å². The van der Waals surface area contributed by atoms with Crippen LogP contribution >= 0.6 is 0 Å². The second-order valence-electron chi connectivity index (χ2n) is 9.11. The first-order valence-corrected chi connectivity index (χ1v) is 10.5. The minimum absolute atomic E-state index is 0.00721. The van der Waals surface area contributed by atoms with E-state index in [0.29, 0.717) is 12.5 Å². The average molecular weight is 383 g/mol. The highest BCUT2D eigenvalue weighted by Gasteiger charge is 2.24. The number of ether oxygens (including phenoxy) is 1. The van der Waals surface area contributed by atoms with E-state index < -0.39 is 5.60 Å². The van der Waals surface area contributed by atoms with Crippen molar-refractivity contribution in [1.29, 1.82) is 0 Å². The molecule has 2 aromatic carbocycles. The lowest BCUT2D eigenvalue weighted by molar-refractivity contribution is 0.0491. The van der Waals surface area contributed by atoms with E-state index in [9.17, 15) is 4.79 Å². The highest BCUT2D eigenvalue weighted by molar-refractivity contribution is 5.86. The molecule has 4 heteroatoms. The van der Waals surface area contributed by atoms with Crippen LogP contribution in [0.25, 0.3) is 10.8 Å². The highest BCUT2D eigenvalue weighted by atomic mass is 16.6. The molecule has 2 atom stereocenters. The summed E-state index contributed by atoms with van der Waals surface area (Å²) >= 11 is 0. The van der Waals surface area contributed by atoms with Crippen molar-refractivity contribution < 1.29 is 9.53 Å². The summed E-state index contributed by atoms with van der Waals surface area (Å²) in [5, 5.41) is 9.07. The Morgan fingerprint density at radius 1 is 1.14 bits per heavy atom. The maximum atomic E-state index is 12.2. The minimum atomic E-state index is -0.491. The van der Waals surface area contributed by atoms with E-state index in [-0.39, 0.29) is 12.1 Å². The van der Waals surface area contributed by atoms with Crippen LogP contribution < -0.4 is 10.6 Å². The molecule has 2 N–H and O–H groups in total. The summed E-state index contributed by atoms with van der Waals surface area (Å²) in [5.41, 5.74) is 2.05. The van der Waals surface area contributed by atoms with Gasteiger partial charge in [-0.1, -0.05) is 44.5 Å². The van der Waals surface area contributed by atoms with Gasteiger partial charge in [0.05, 0.1) is 6.04 Å². The standard InChI is InChI=1S/C24H34N2O2/c1-6-16(2)22(26-23(27)28-24(3,4)5)15-25-21-12-11-19-13-18(17-7-8-17)9-10-20(19)14-21/h9-14,16-17,22,25H,6-8,15H2,1-5H3,(H,26,27)/t16-,22+/m0/s1. The number of benzene rings is 2. The maximum absolute atomic E-state index is 12.2. The Hall–Kier alpha value is -2.23. The summed E-state index contributed by atoms with van der Waals surface area (Å²) in [4.78, 5) is 12.2. The van der Waals surface area contributed by atoms with Gasteiger partial charge in [-0.05, 0) is 73.9 Å². The van der Waals surface area contributed by atoms with Crippen LogP contribution in [0.1, 0.15) is 65.4 Å². The van der Waals surface area contributed by atoms with Gasteiger partial charge in [0, 0.05) is 12.2 Å². The molecule has 28 heavy (non-hydrogen) atoms. The van der Waals surface area contributed by atoms with Crippen LogP contribution in [0.3, 0.4) is 0 Å². The quantitative estimate of drug-likeness (QED) is 0.611. The predicted molar refractivity (Wildman–Crippen MR) is 117 cm³/mol. The molecule has 2 aromatic rings. The molecule has 0 unspecified atom stereocenters. The second kappa shape index (κ2) is 8.42. The van der Waals surface area contributed by atoms with Gasteiger partial charge in [-0.2, -0.15) is 0 Å². The van der Waals surface area contributed by atoms with Crippen molar-refractivity contribution in [2.75, 3.05) is 11.9 Å². The summed E-state index contributed by atoms with van der Waals surface area (Å²) in [5.74, 6) is 1.12. The summed E-state index contributed by atoms with van der Waals surface area (Å²) in [7, 11) is 0. The SMILES string of the molecule is CC[C@H](C)[C@@H](CNc1ccc2cc(C3CC3)ccc2c1)NC(=O)OC(C)(C)C. The lowest BCUT2D eigenvalue weighted by Gasteiger charge is -2.27. The topological polar surface area (TPSA) is 50.4 Å². The molecule has 1 saturated carbocycles. The molecular weight excluding hydrogens is 348 g/mol. The van der Waals surface area contributed by atoms with Gasteiger partial charge in [0.25, 0.3) is 0 Å². The molecule has 0 radical (unpaired) electrons. The van der Waals surface area contributed by atoms with E-state index >= 15 is 0 Å². The normalized spacial score (nSPS) is 16.5. The molecule has 0 bridgehead atoms. The van der Waals surface area contributed by atoms with E-state index in [1.807, 2.05) is 20.8 Å². The number of alkyl carbamates (subject to hydrolysis) is 1. The first-order valence-electron chi connectivity index (χ1n) is 10.5. The van der Waals surface area contributed by atoms with E-state index in [4.69, 9.17) is 4.74 Å². The van der Waals surface area contributed by atoms with E-state index in [1.54, 1.807) is 0 Å². The van der Waals surface area contributed by atoms with E-state index in [2.05, 4.69) is 60.9 Å². The number of anilines is 1. The Morgan fingerprint density at radius 2 is 1.82 bits per heavy atom. The number of amides is 1. The van der Waals surface area contributed by atoms with Crippen LogP contribution in [0.2, 0.25) is 0 Å². The predicted octanol–water partition coefficient (Wildman–Crippen LogP) is 6.07. The van der Waals surface area contributed by atoms with Crippen LogP contribution in [-0.4, -0.2) is 24.3 Å². The zero-order valence-corrected chi connectivity index (χ0v) is 17.8. The largest absolute Gasteiger partial charge is 0.444 e. The zero-order valence-electron chi connectivity index (χ0n) is 17.8. The van der Waals surface area contributed by atoms with E-state index in [0.717, 1.165) is 18.0 Å². The molecule has 1 fully saturated rings. The molecule has 1 aliphatic rings. The van der Waals surface area contributed by atoms with Gasteiger partial charge in [0.2, 0.25) is 0 Å². The van der Waals surface area contributed by atoms with Crippen molar-refractivity contribution in [1.82, 2.24) is 5.32 Å². The van der Waals surface area contributed by atoms with Gasteiger partial charge in [-0.3, -0.25) is 0 Å². The fraction of sp³-hybridized carbons (Fsp3) is 0.542. The third-order valence-corrected chi connectivity index (χ3v) is 5.47. The Bertz CT molecular complexity index is 821.